The maximum absolute atomic E-state index is 6.40. The minimum absolute atomic E-state index is 0.268. The van der Waals surface area contributed by atoms with Crippen molar-refractivity contribution < 1.29 is 4.74 Å². The molecule has 3 aromatic rings. The summed E-state index contributed by atoms with van der Waals surface area (Å²) in [6.45, 7) is 10.7. The number of halogens is 1. The van der Waals surface area contributed by atoms with Gasteiger partial charge in [-0.3, -0.25) is 4.90 Å². The van der Waals surface area contributed by atoms with Gasteiger partial charge in [0.05, 0.1) is 4.47 Å². The van der Waals surface area contributed by atoms with Crippen LogP contribution in [0, 0.1) is 0 Å². The van der Waals surface area contributed by atoms with Crippen molar-refractivity contribution in [3.8, 4) is 5.75 Å². The molecule has 31 heavy (non-hydrogen) atoms. The minimum Gasteiger partial charge on any atom is -0.487 e. The van der Waals surface area contributed by atoms with Gasteiger partial charge in [-0.15, -0.1) is 0 Å². The van der Waals surface area contributed by atoms with Crippen molar-refractivity contribution in [2.45, 2.75) is 58.7 Å². The zero-order valence-corrected chi connectivity index (χ0v) is 20.7. The Morgan fingerprint density at radius 1 is 0.774 bits per heavy atom. The quantitative estimate of drug-likeness (QED) is 0.295. The summed E-state index contributed by atoms with van der Waals surface area (Å²) in [5.41, 5.74) is 3.74. The van der Waals surface area contributed by atoms with Gasteiger partial charge < -0.3 is 4.74 Å². The van der Waals surface area contributed by atoms with Crippen LogP contribution in [0.5, 0.6) is 5.75 Å². The van der Waals surface area contributed by atoms with Crippen molar-refractivity contribution in [2.75, 3.05) is 6.54 Å². The summed E-state index contributed by atoms with van der Waals surface area (Å²) in [4.78, 5) is 2.57. The van der Waals surface area contributed by atoms with Crippen molar-refractivity contribution >= 4 is 15.9 Å². The van der Waals surface area contributed by atoms with Gasteiger partial charge in [-0.05, 0) is 73.8 Å². The highest BCUT2D eigenvalue weighted by Crippen LogP contribution is 2.39. The van der Waals surface area contributed by atoms with E-state index in [0.29, 0.717) is 18.7 Å². The lowest BCUT2D eigenvalue weighted by atomic mass is 9.87. The van der Waals surface area contributed by atoms with Crippen molar-refractivity contribution in [1.29, 1.82) is 0 Å². The lowest BCUT2D eigenvalue weighted by molar-refractivity contribution is 0.170. The molecule has 0 fully saturated rings. The summed E-state index contributed by atoms with van der Waals surface area (Å²) in [5.74, 6) is 1.21. The molecule has 1 atom stereocenters. The Morgan fingerprint density at radius 3 is 2.00 bits per heavy atom. The molecule has 0 amide bonds. The van der Waals surface area contributed by atoms with Gasteiger partial charge in [-0.1, -0.05) is 72.8 Å². The van der Waals surface area contributed by atoms with Crippen molar-refractivity contribution in [3.63, 3.8) is 0 Å². The summed E-state index contributed by atoms with van der Waals surface area (Å²) in [6, 6.07) is 28.6. The Morgan fingerprint density at radius 2 is 1.39 bits per heavy atom. The van der Waals surface area contributed by atoms with Crippen LogP contribution in [0.3, 0.4) is 0 Å². The minimum atomic E-state index is 0.268. The molecule has 0 saturated heterocycles. The van der Waals surface area contributed by atoms with Gasteiger partial charge >= 0.3 is 0 Å². The summed E-state index contributed by atoms with van der Waals surface area (Å²) in [7, 11) is 0. The molecule has 0 radical (unpaired) electrons. The molecule has 0 aliphatic heterocycles. The molecular formula is C28H34BrNO. The SMILES string of the molecule is CC(C)N(CCC(c1ccccc1)c1cccc(Br)c1OCc1ccccc1)C(C)C. The average Bonchev–Trinajstić information content (AvgIpc) is 2.77. The fourth-order valence-electron chi connectivity index (χ4n) is 4.26. The van der Waals surface area contributed by atoms with Crippen LogP contribution in [0.4, 0.5) is 0 Å². The molecule has 164 valence electrons. The normalized spacial score (nSPS) is 12.5. The van der Waals surface area contributed by atoms with Crippen LogP contribution in [-0.2, 0) is 6.61 Å². The Balaban J connectivity index is 1.92. The number of nitrogens with zero attached hydrogens (tertiary/aromatic N) is 1. The summed E-state index contributed by atoms with van der Waals surface area (Å²) >= 11 is 3.75. The highest BCUT2D eigenvalue weighted by molar-refractivity contribution is 9.10. The number of rotatable bonds is 10. The molecular weight excluding hydrogens is 446 g/mol. The predicted molar refractivity (Wildman–Crippen MR) is 135 cm³/mol. The van der Waals surface area contributed by atoms with E-state index in [1.165, 1.54) is 16.7 Å². The predicted octanol–water partition coefficient (Wildman–Crippen LogP) is 7.67. The van der Waals surface area contributed by atoms with Gasteiger partial charge in [0.15, 0.2) is 0 Å². The third kappa shape index (κ3) is 6.44. The molecule has 0 N–H and O–H groups in total. The lowest BCUT2D eigenvalue weighted by Crippen LogP contribution is -2.38. The van der Waals surface area contributed by atoms with Crippen molar-refractivity contribution in [3.05, 3.63) is 100 Å². The average molecular weight is 480 g/mol. The second-order valence-electron chi connectivity index (χ2n) is 8.61. The molecule has 2 nitrogen and oxygen atoms in total. The van der Waals surface area contributed by atoms with Gasteiger partial charge in [0.2, 0.25) is 0 Å². The van der Waals surface area contributed by atoms with Crippen molar-refractivity contribution in [2.24, 2.45) is 0 Å². The standard InChI is InChI=1S/C28H34BrNO/c1-21(2)30(22(3)4)19-18-25(24-14-9-6-10-15-24)26-16-11-17-27(29)28(26)31-20-23-12-7-5-8-13-23/h5-17,21-22,25H,18-20H2,1-4H3. The Kier molecular flexibility index (Phi) is 8.74. The van der Waals surface area contributed by atoms with E-state index in [2.05, 4.69) is 121 Å². The first-order chi connectivity index (χ1) is 15.0. The van der Waals surface area contributed by atoms with E-state index in [1.54, 1.807) is 0 Å². The number of hydrogen-bond donors (Lipinski definition) is 0. The molecule has 0 saturated carbocycles. The van der Waals surface area contributed by atoms with Gasteiger partial charge in [0, 0.05) is 23.6 Å². The molecule has 0 aliphatic carbocycles. The topological polar surface area (TPSA) is 12.5 Å². The van der Waals surface area contributed by atoms with E-state index in [1.807, 2.05) is 6.07 Å². The van der Waals surface area contributed by atoms with Gasteiger partial charge in [-0.25, -0.2) is 0 Å². The van der Waals surface area contributed by atoms with E-state index >= 15 is 0 Å². The van der Waals surface area contributed by atoms with E-state index in [-0.39, 0.29) is 5.92 Å². The molecule has 3 heteroatoms. The molecule has 0 heterocycles. The van der Waals surface area contributed by atoms with Crippen LogP contribution < -0.4 is 4.74 Å². The zero-order valence-electron chi connectivity index (χ0n) is 19.1. The van der Waals surface area contributed by atoms with E-state index < -0.39 is 0 Å². The van der Waals surface area contributed by atoms with Crippen LogP contribution >= 0.6 is 15.9 Å². The largest absolute Gasteiger partial charge is 0.487 e. The van der Waals surface area contributed by atoms with Gasteiger partial charge in [-0.2, -0.15) is 0 Å². The second-order valence-corrected chi connectivity index (χ2v) is 9.46. The second kappa shape index (κ2) is 11.5. The van der Waals surface area contributed by atoms with Crippen LogP contribution in [0.25, 0.3) is 0 Å². The van der Waals surface area contributed by atoms with Crippen LogP contribution in [0.1, 0.15) is 56.7 Å². The Bertz CT molecular complexity index is 916. The third-order valence-corrected chi connectivity index (χ3v) is 6.43. The van der Waals surface area contributed by atoms with Crippen molar-refractivity contribution in [1.82, 2.24) is 4.90 Å². The van der Waals surface area contributed by atoms with Crippen LogP contribution in [-0.4, -0.2) is 23.5 Å². The smallest absolute Gasteiger partial charge is 0.137 e. The highest BCUT2D eigenvalue weighted by Gasteiger charge is 2.23. The summed E-state index contributed by atoms with van der Waals surface area (Å²) < 4.78 is 7.40. The lowest BCUT2D eigenvalue weighted by Gasteiger charge is -2.32. The van der Waals surface area contributed by atoms with Gasteiger partial charge in [0.1, 0.15) is 12.4 Å². The number of benzene rings is 3. The fourth-order valence-corrected chi connectivity index (χ4v) is 4.76. The zero-order chi connectivity index (χ0) is 22.2. The molecule has 0 aromatic heterocycles. The molecule has 1 unspecified atom stereocenters. The molecule has 0 spiro atoms. The summed E-state index contributed by atoms with van der Waals surface area (Å²) in [6.07, 6.45) is 1.04. The number of hydrogen-bond acceptors (Lipinski definition) is 2. The molecule has 3 aromatic carbocycles. The van der Waals surface area contributed by atoms with Crippen LogP contribution in [0.15, 0.2) is 83.3 Å². The Hall–Kier alpha value is -2.10. The summed E-state index contributed by atoms with van der Waals surface area (Å²) in [5, 5.41) is 0. The number of para-hydroxylation sites is 1. The first-order valence-electron chi connectivity index (χ1n) is 11.2. The third-order valence-electron chi connectivity index (χ3n) is 5.80. The van der Waals surface area contributed by atoms with E-state index in [0.717, 1.165) is 23.2 Å². The molecule has 0 aliphatic rings. The first kappa shape index (κ1) is 23.6. The molecule has 3 rings (SSSR count). The first-order valence-corrected chi connectivity index (χ1v) is 12.0. The fraction of sp³-hybridized carbons (Fsp3) is 0.357. The van der Waals surface area contributed by atoms with Gasteiger partial charge in [0.25, 0.3) is 0 Å². The Labute approximate surface area is 196 Å². The van der Waals surface area contributed by atoms with E-state index in [9.17, 15) is 0 Å². The van der Waals surface area contributed by atoms with E-state index in [4.69, 9.17) is 4.74 Å². The molecule has 0 bridgehead atoms. The number of ether oxygens (including phenoxy) is 1. The van der Waals surface area contributed by atoms with Crippen LogP contribution in [0.2, 0.25) is 0 Å². The maximum Gasteiger partial charge on any atom is 0.137 e. The maximum atomic E-state index is 6.40. The highest BCUT2D eigenvalue weighted by atomic mass is 79.9. The monoisotopic (exact) mass is 479 g/mol.